The standard InChI is InChI=1S/C16H16Cl3NO/c1-10(2)20-9-11-4-3-5-13(18)16(11)21-15-7-6-12(17)8-14(15)19/h3-8,10,20H,9H2,1-2H3. The van der Waals surface area contributed by atoms with Crippen molar-refractivity contribution in [2.45, 2.75) is 26.4 Å². The van der Waals surface area contributed by atoms with Gasteiger partial charge in [0.15, 0.2) is 5.75 Å². The molecule has 2 nitrogen and oxygen atoms in total. The largest absolute Gasteiger partial charge is 0.454 e. The van der Waals surface area contributed by atoms with E-state index in [1.807, 2.05) is 12.1 Å². The summed E-state index contributed by atoms with van der Waals surface area (Å²) in [4.78, 5) is 0. The fourth-order valence-electron chi connectivity index (χ4n) is 1.79. The molecule has 0 radical (unpaired) electrons. The molecular weight excluding hydrogens is 329 g/mol. The summed E-state index contributed by atoms with van der Waals surface area (Å²) in [5.41, 5.74) is 0.974. The van der Waals surface area contributed by atoms with Crippen molar-refractivity contribution in [2.75, 3.05) is 0 Å². The number of ether oxygens (including phenoxy) is 1. The number of rotatable bonds is 5. The maximum Gasteiger partial charge on any atom is 0.150 e. The lowest BCUT2D eigenvalue weighted by Gasteiger charge is -2.15. The Hall–Kier alpha value is -0.930. The van der Waals surface area contributed by atoms with Gasteiger partial charge in [0.2, 0.25) is 0 Å². The topological polar surface area (TPSA) is 21.3 Å². The van der Waals surface area contributed by atoms with Crippen molar-refractivity contribution in [3.05, 3.63) is 57.0 Å². The highest BCUT2D eigenvalue weighted by Gasteiger charge is 2.12. The van der Waals surface area contributed by atoms with E-state index in [-0.39, 0.29) is 0 Å². The van der Waals surface area contributed by atoms with Gasteiger partial charge in [-0.3, -0.25) is 0 Å². The van der Waals surface area contributed by atoms with Crippen LogP contribution in [0.4, 0.5) is 0 Å². The molecule has 0 fully saturated rings. The van der Waals surface area contributed by atoms with Gasteiger partial charge >= 0.3 is 0 Å². The molecule has 21 heavy (non-hydrogen) atoms. The summed E-state index contributed by atoms with van der Waals surface area (Å²) in [7, 11) is 0. The van der Waals surface area contributed by atoms with Gasteiger partial charge in [-0.05, 0) is 24.3 Å². The minimum atomic E-state index is 0.371. The van der Waals surface area contributed by atoms with E-state index in [0.717, 1.165) is 5.56 Å². The summed E-state index contributed by atoms with van der Waals surface area (Å²) in [6, 6.07) is 11.1. The Kier molecular flexibility index (Phi) is 5.77. The van der Waals surface area contributed by atoms with Crippen LogP contribution in [0.1, 0.15) is 19.4 Å². The van der Waals surface area contributed by atoms with Crippen LogP contribution in [0.15, 0.2) is 36.4 Å². The average molecular weight is 345 g/mol. The zero-order valence-corrected chi connectivity index (χ0v) is 14.1. The first kappa shape index (κ1) is 16.4. The summed E-state index contributed by atoms with van der Waals surface area (Å²) in [6.07, 6.45) is 0. The number of hydrogen-bond acceptors (Lipinski definition) is 2. The van der Waals surface area contributed by atoms with Crippen molar-refractivity contribution in [3.63, 3.8) is 0 Å². The highest BCUT2D eigenvalue weighted by Crippen LogP contribution is 2.37. The van der Waals surface area contributed by atoms with Crippen molar-refractivity contribution in [1.82, 2.24) is 5.32 Å². The first-order chi connectivity index (χ1) is 9.97. The number of para-hydroxylation sites is 1. The van der Waals surface area contributed by atoms with Gasteiger partial charge in [0.25, 0.3) is 0 Å². The van der Waals surface area contributed by atoms with E-state index in [4.69, 9.17) is 39.5 Å². The molecule has 0 bridgehead atoms. The second-order valence-electron chi connectivity index (χ2n) is 4.94. The summed E-state index contributed by atoms with van der Waals surface area (Å²) in [5, 5.41) is 4.90. The quantitative estimate of drug-likeness (QED) is 0.725. The van der Waals surface area contributed by atoms with Crippen LogP contribution in [0.2, 0.25) is 15.1 Å². The fourth-order valence-corrected chi connectivity index (χ4v) is 2.47. The van der Waals surface area contributed by atoms with Crippen molar-refractivity contribution in [2.24, 2.45) is 0 Å². The minimum Gasteiger partial charge on any atom is -0.454 e. The molecule has 112 valence electrons. The third kappa shape index (κ3) is 4.52. The zero-order chi connectivity index (χ0) is 15.4. The second-order valence-corrected chi connectivity index (χ2v) is 6.19. The summed E-state index contributed by atoms with van der Waals surface area (Å²) < 4.78 is 5.90. The molecule has 0 amide bonds. The lowest BCUT2D eigenvalue weighted by atomic mass is 10.2. The molecule has 5 heteroatoms. The third-order valence-corrected chi connectivity index (χ3v) is 3.68. The molecule has 0 unspecified atom stereocenters. The summed E-state index contributed by atoms with van der Waals surface area (Å²) >= 11 is 18.3. The Balaban J connectivity index is 2.29. The highest BCUT2D eigenvalue weighted by molar-refractivity contribution is 6.35. The minimum absolute atomic E-state index is 0.371. The molecule has 0 heterocycles. The molecule has 0 spiro atoms. The smallest absolute Gasteiger partial charge is 0.150 e. The molecular formula is C16H16Cl3NO. The van der Waals surface area contributed by atoms with Gasteiger partial charge in [-0.15, -0.1) is 0 Å². The zero-order valence-electron chi connectivity index (χ0n) is 11.8. The maximum atomic E-state index is 6.26. The van der Waals surface area contributed by atoms with Crippen LogP contribution >= 0.6 is 34.8 Å². The van der Waals surface area contributed by atoms with Gasteiger partial charge in [0.05, 0.1) is 10.0 Å². The van der Waals surface area contributed by atoms with Crippen LogP contribution in [-0.2, 0) is 6.54 Å². The monoisotopic (exact) mass is 343 g/mol. The third-order valence-electron chi connectivity index (χ3n) is 2.86. The van der Waals surface area contributed by atoms with Gasteiger partial charge < -0.3 is 10.1 Å². The van der Waals surface area contributed by atoms with E-state index in [2.05, 4.69) is 19.2 Å². The first-order valence-corrected chi connectivity index (χ1v) is 7.74. The Bertz CT molecular complexity index is 629. The normalized spacial score (nSPS) is 11.0. The average Bonchev–Trinajstić information content (AvgIpc) is 2.42. The Morgan fingerprint density at radius 1 is 1.05 bits per heavy atom. The van der Waals surface area contributed by atoms with Crippen LogP contribution in [0.3, 0.4) is 0 Å². The van der Waals surface area contributed by atoms with Crippen molar-refractivity contribution >= 4 is 34.8 Å². The number of nitrogens with one attached hydrogen (secondary N) is 1. The van der Waals surface area contributed by atoms with Crippen molar-refractivity contribution in [3.8, 4) is 11.5 Å². The molecule has 0 saturated heterocycles. The molecule has 0 aliphatic carbocycles. The Morgan fingerprint density at radius 2 is 1.81 bits per heavy atom. The maximum absolute atomic E-state index is 6.26. The van der Waals surface area contributed by atoms with E-state index >= 15 is 0 Å². The van der Waals surface area contributed by atoms with Crippen LogP contribution in [0.5, 0.6) is 11.5 Å². The molecule has 0 saturated carbocycles. The predicted octanol–water partition coefficient (Wildman–Crippen LogP) is 5.94. The fraction of sp³-hybridized carbons (Fsp3) is 0.250. The summed E-state index contributed by atoms with van der Waals surface area (Å²) in [6.45, 7) is 4.83. The Morgan fingerprint density at radius 3 is 2.48 bits per heavy atom. The van der Waals surface area contributed by atoms with E-state index in [1.165, 1.54) is 0 Å². The van der Waals surface area contributed by atoms with Gasteiger partial charge in [0, 0.05) is 23.2 Å². The lowest BCUT2D eigenvalue weighted by molar-refractivity contribution is 0.470. The first-order valence-electron chi connectivity index (χ1n) is 6.61. The molecule has 2 aromatic carbocycles. The molecule has 2 aromatic rings. The van der Waals surface area contributed by atoms with Crippen LogP contribution < -0.4 is 10.1 Å². The van der Waals surface area contributed by atoms with Crippen LogP contribution in [0.25, 0.3) is 0 Å². The van der Waals surface area contributed by atoms with Gasteiger partial charge in [-0.25, -0.2) is 0 Å². The van der Waals surface area contributed by atoms with E-state index < -0.39 is 0 Å². The van der Waals surface area contributed by atoms with Gasteiger partial charge in [-0.2, -0.15) is 0 Å². The molecule has 0 aliphatic rings. The summed E-state index contributed by atoms with van der Waals surface area (Å²) in [5.74, 6) is 1.14. The highest BCUT2D eigenvalue weighted by atomic mass is 35.5. The molecule has 0 aliphatic heterocycles. The van der Waals surface area contributed by atoms with E-state index in [9.17, 15) is 0 Å². The predicted molar refractivity (Wildman–Crippen MR) is 90.0 cm³/mol. The van der Waals surface area contributed by atoms with Crippen LogP contribution in [-0.4, -0.2) is 6.04 Å². The van der Waals surface area contributed by atoms with E-state index in [0.29, 0.717) is 39.2 Å². The van der Waals surface area contributed by atoms with Crippen molar-refractivity contribution in [1.29, 1.82) is 0 Å². The number of hydrogen-bond donors (Lipinski definition) is 1. The lowest BCUT2D eigenvalue weighted by Crippen LogP contribution is -2.22. The molecule has 2 rings (SSSR count). The number of halogens is 3. The van der Waals surface area contributed by atoms with Crippen molar-refractivity contribution < 1.29 is 4.74 Å². The van der Waals surface area contributed by atoms with Gasteiger partial charge in [0.1, 0.15) is 5.75 Å². The SMILES string of the molecule is CC(C)NCc1cccc(Cl)c1Oc1ccc(Cl)cc1Cl. The molecule has 0 atom stereocenters. The number of benzene rings is 2. The Labute approximate surface area is 140 Å². The molecule has 0 aromatic heterocycles. The van der Waals surface area contributed by atoms with Crippen LogP contribution in [0, 0.1) is 0 Å². The molecule has 1 N–H and O–H groups in total. The van der Waals surface area contributed by atoms with E-state index in [1.54, 1.807) is 24.3 Å². The second kappa shape index (κ2) is 7.37. The van der Waals surface area contributed by atoms with Gasteiger partial charge in [-0.1, -0.05) is 60.8 Å².